The van der Waals surface area contributed by atoms with Crippen LogP contribution in [-0.4, -0.2) is 46.1 Å². The first-order valence-electron chi connectivity index (χ1n) is 6.52. The first-order chi connectivity index (χ1) is 8.99. The number of amides is 2. The van der Waals surface area contributed by atoms with Crippen molar-refractivity contribution in [1.82, 2.24) is 20.0 Å². The third-order valence-electron chi connectivity index (χ3n) is 3.65. The van der Waals surface area contributed by atoms with Crippen LogP contribution < -0.4 is 5.32 Å². The molecule has 1 aromatic rings. The molecule has 1 fully saturated rings. The number of aryl methyl sites for hydroxylation is 2. The van der Waals surface area contributed by atoms with Crippen LogP contribution in [0.1, 0.15) is 23.4 Å². The van der Waals surface area contributed by atoms with E-state index < -0.39 is 0 Å². The second kappa shape index (κ2) is 5.42. The zero-order valence-corrected chi connectivity index (χ0v) is 11.7. The fraction of sp³-hybridized carbons (Fsp3) is 0.615. The van der Waals surface area contributed by atoms with Crippen LogP contribution in [0.2, 0.25) is 0 Å². The van der Waals surface area contributed by atoms with Crippen LogP contribution in [0.5, 0.6) is 0 Å². The highest BCUT2D eigenvalue weighted by Crippen LogP contribution is 2.14. The van der Waals surface area contributed by atoms with E-state index >= 15 is 0 Å². The fourth-order valence-electron chi connectivity index (χ4n) is 2.35. The molecular formula is C13H20N4O2. The van der Waals surface area contributed by atoms with E-state index in [1.54, 1.807) is 9.58 Å². The quantitative estimate of drug-likeness (QED) is 0.813. The van der Waals surface area contributed by atoms with Gasteiger partial charge in [0.2, 0.25) is 11.8 Å². The molecule has 0 radical (unpaired) electrons. The standard InChI is InChI=1S/C13H20N4O2/c1-9-11(10(2)16(3)15-9)8-13(19)17-6-4-12(18)14-5-7-17/h4-8H2,1-3H3,(H,14,18). The summed E-state index contributed by atoms with van der Waals surface area (Å²) in [6.07, 6.45) is 0.746. The first kappa shape index (κ1) is 13.6. The van der Waals surface area contributed by atoms with E-state index in [4.69, 9.17) is 0 Å². The lowest BCUT2D eigenvalue weighted by Crippen LogP contribution is -2.35. The van der Waals surface area contributed by atoms with Crippen molar-refractivity contribution in [3.05, 3.63) is 17.0 Å². The molecule has 0 aliphatic carbocycles. The van der Waals surface area contributed by atoms with E-state index in [0.717, 1.165) is 17.0 Å². The van der Waals surface area contributed by atoms with Crippen molar-refractivity contribution in [3.8, 4) is 0 Å². The van der Waals surface area contributed by atoms with Gasteiger partial charge in [-0.2, -0.15) is 5.10 Å². The summed E-state index contributed by atoms with van der Waals surface area (Å²) >= 11 is 0. The summed E-state index contributed by atoms with van der Waals surface area (Å²) < 4.78 is 1.80. The SMILES string of the molecule is Cc1nn(C)c(C)c1CC(=O)N1CCNC(=O)CC1. The normalized spacial score (nSPS) is 16.2. The van der Waals surface area contributed by atoms with Gasteiger partial charge >= 0.3 is 0 Å². The lowest BCUT2D eigenvalue weighted by atomic mass is 10.1. The molecule has 0 atom stereocenters. The van der Waals surface area contributed by atoms with Crippen molar-refractivity contribution in [2.24, 2.45) is 7.05 Å². The Hall–Kier alpha value is -1.85. The van der Waals surface area contributed by atoms with Gasteiger partial charge in [0, 0.05) is 44.4 Å². The number of nitrogens with zero attached hydrogens (tertiary/aromatic N) is 3. The van der Waals surface area contributed by atoms with E-state index in [2.05, 4.69) is 10.4 Å². The van der Waals surface area contributed by atoms with Gasteiger partial charge in [0.25, 0.3) is 0 Å². The molecule has 0 unspecified atom stereocenters. The highest BCUT2D eigenvalue weighted by Gasteiger charge is 2.21. The van der Waals surface area contributed by atoms with Gasteiger partial charge in [-0.15, -0.1) is 0 Å². The minimum atomic E-state index is 0.0176. The summed E-state index contributed by atoms with van der Waals surface area (Å²) in [5, 5.41) is 7.09. The Morgan fingerprint density at radius 3 is 2.74 bits per heavy atom. The molecule has 1 aliphatic rings. The Morgan fingerprint density at radius 1 is 1.37 bits per heavy atom. The van der Waals surface area contributed by atoms with Crippen LogP contribution >= 0.6 is 0 Å². The van der Waals surface area contributed by atoms with Gasteiger partial charge in [0.15, 0.2) is 0 Å². The smallest absolute Gasteiger partial charge is 0.227 e. The Balaban J connectivity index is 2.06. The average molecular weight is 264 g/mol. The van der Waals surface area contributed by atoms with E-state index in [-0.39, 0.29) is 11.8 Å². The lowest BCUT2D eigenvalue weighted by Gasteiger charge is -2.19. The number of nitrogens with one attached hydrogen (secondary N) is 1. The highest BCUT2D eigenvalue weighted by atomic mass is 16.2. The van der Waals surface area contributed by atoms with Crippen molar-refractivity contribution < 1.29 is 9.59 Å². The second-order valence-corrected chi connectivity index (χ2v) is 4.93. The molecular weight excluding hydrogens is 244 g/mol. The predicted octanol–water partition coefficient (Wildman–Crippen LogP) is -0.0721. The van der Waals surface area contributed by atoms with Gasteiger partial charge in [-0.1, -0.05) is 0 Å². The molecule has 19 heavy (non-hydrogen) atoms. The minimum Gasteiger partial charge on any atom is -0.354 e. The lowest BCUT2D eigenvalue weighted by molar-refractivity contribution is -0.130. The van der Waals surface area contributed by atoms with Gasteiger partial charge in [0.1, 0.15) is 0 Å². The Morgan fingerprint density at radius 2 is 2.11 bits per heavy atom. The molecule has 104 valence electrons. The molecule has 0 aromatic carbocycles. The number of hydrogen-bond acceptors (Lipinski definition) is 3. The van der Waals surface area contributed by atoms with E-state index in [9.17, 15) is 9.59 Å². The van der Waals surface area contributed by atoms with Crippen LogP contribution in [0.3, 0.4) is 0 Å². The van der Waals surface area contributed by atoms with Gasteiger partial charge in [0.05, 0.1) is 12.1 Å². The van der Waals surface area contributed by atoms with Crippen molar-refractivity contribution in [2.45, 2.75) is 26.7 Å². The van der Waals surface area contributed by atoms with Crippen LogP contribution in [0.15, 0.2) is 0 Å². The molecule has 0 spiro atoms. The summed E-state index contributed by atoms with van der Waals surface area (Å²) in [5.74, 6) is 0.0831. The van der Waals surface area contributed by atoms with Crippen LogP contribution in [-0.2, 0) is 23.1 Å². The predicted molar refractivity (Wildman–Crippen MR) is 70.6 cm³/mol. The third-order valence-corrected chi connectivity index (χ3v) is 3.65. The molecule has 2 heterocycles. The maximum absolute atomic E-state index is 12.3. The van der Waals surface area contributed by atoms with E-state index in [0.29, 0.717) is 32.5 Å². The molecule has 6 heteroatoms. The van der Waals surface area contributed by atoms with Crippen LogP contribution in [0.25, 0.3) is 0 Å². The largest absolute Gasteiger partial charge is 0.354 e. The Kier molecular flexibility index (Phi) is 3.87. The summed E-state index contributed by atoms with van der Waals surface area (Å²) in [7, 11) is 1.88. The summed E-state index contributed by atoms with van der Waals surface area (Å²) in [6.45, 7) is 5.51. The zero-order chi connectivity index (χ0) is 14.0. The van der Waals surface area contributed by atoms with Crippen molar-refractivity contribution >= 4 is 11.8 Å². The van der Waals surface area contributed by atoms with Gasteiger partial charge in [-0.05, 0) is 13.8 Å². The molecule has 0 saturated carbocycles. The van der Waals surface area contributed by atoms with Crippen molar-refractivity contribution in [2.75, 3.05) is 19.6 Å². The minimum absolute atomic E-state index is 0.0176. The van der Waals surface area contributed by atoms with Gasteiger partial charge in [-0.25, -0.2) is 0 Å². The van der Waals surface area contributed by atoms with Crippen molar-refractivity contribution in [3.63, 3.8) is 0 Å². The average Bonchev–Trinajstić information content (AvgIpc) is 2.57. The topological polar surface area (TPSA) is 67.2 Å². The molecule has 1 N–H and O–H groups in total. The first-order valence-corrected chi connectivity index (χ1v) is 6.52. The molecule has 6 nitrogen and oxygen atoms in total. The number of carbonyl (C=O) groups is 2. The van der Waals surface area contributed by atoms with Crippen LogP contribution in [0.4, 0.5) is 0 Å². The summed E-state index contributed by atoms with van der Waals surface area (Å²) in [4.78, 5) is 25.3. The van der Waals surface area contributed by atoms with E-state index in [1.807, 2.05) is 20.9 Å². The number of carbonyl (C=O) groups excluding carboxylic acids is 2. The Bertz CT molecular complexity index is 507. The Labute approximate surface area is 112 Å². The van der Waals surface area contributed by atoms with Gasteiger partial charge < -0.3 is 10.2 Å². The second-order valence-electron chi connectivity index (χ2n) is 4.93. The number of hydrogen-bond donors (Lipinski definition) is 1. The fourth-order valence-corrected chi connectivity index (χ4v) is 2.35. The summed E-state index contributed by atoms with van der Waals surface area (Å²) in [5.41, 5.74) is 2.92. The molecule has 0 bridgehead atoms. The molecule has 1 saturated heterocycles. The highest BCUT2D eigenvalue weighted by molar-refractivity contribution is 5.81. The van der Waals surface area contributed by atoms with Crippen LogP contribution in [0, 0.1) is 13.8 Å². The number of rotatable bonds is 2. The third kappa shape index (κ3) is 2.94. The molecule has 2 rings (SSSR count). The number of aromatic nitrogens is 2. The molecule has 1 aromatic heterocycles. The maximum Gasteiger partial charge on any atom is 0.227 e. The molecule has 1 aliphatic heterocycles. The van der Waals surface area contributed by atoms with Crippen molar-refractivity contribution in [1.29, 1.82) is 0 Å². The maximum atomic E-state index is 12.3. The van der Waals surface area contributed by atoms with E-state index in [1.165, 1.54) is 0 Å². The molecule has 2 amide bonds. The van der Waals surface area contributed by atoms with Gasteiger partial charge in [-0.3, -0.25) is 14.3 Å². The zero-order valence-electron chi connectivity index (χ0n) is 11.7. The monoisotopic (exact) mass is 264 g/mol. The summed E-state index contributed by atoms with van der Waals surface area (Å²) in [6, 6.07) is 0.